The van der Waals surface area contributed by atoms with E-state index in [1.54, 1.807) is 7.11 Å². The molecule has 0 spiro atoms. The molecule has 140 valence electrons. The van der Waals surface area contributed by atoms with Gasteiger partial charge in [-0.15, -0.1) is 0 Å². The van der Waals surface area contributed by atoms with Gasteiger partial charge in [0.1, 0.15) is 10.0 Å². The van der Waals surface area contributed by atoms with E-state index in [1.165, 1.54) is 6.20 Å². The summed E-state index contributed by atoms with van der Waals surface area (Å²) in [6.45, 7) is 1.06. The van der Waals surface area contributed by atoms with Gasteiger partial charge >= 0.3 is 5.97 Å². The Kier molecular flexibility index (Phi) is 5.66. The number of imidazole rings is 1. The number of nitrogens with zero attached hydrogens (tertiary/aromatic N) is 3. The van der Waals surface area contributed by atoms with Gasteiger partial charge < -0.3 is 25.0 Å². The van der Waals surface area contributed by atoms with Crippen molar-refractivity contribution in [1.29, 1.82) is 0 Å². The van der Waals surface area contributed by atoms with E-state index in [2.05, 4.69) is 20.3 Å². The third-order valence-corrected chi connectivity index (χ3v) is 5.68. The number of carboxylic acid groups (broad SMARTS) is 1. The standard InChI is InChI=1S/C14H15Cl2N5O4S/c1-25-7-5-21(14-17-4-8(26-14)13(23)24)3-2-6(7)18-12(22)11-19-9(15)10(16)20-11/h4,6-7H,2-3,5H2,1H3,(H,18,22)(H,19,20)(H,23,24)/t6-,7+/m1/s1. The molecule has 0 aliphatic carbocycles. The van der Waals surface area contributed by atoms with Crippen molar-refractivity contribution in [2.75, 3.05) is 25.1 Å². The summed E-state index contributed by atoms with van der Waals surface area (Å²) >= 11 is 12.6. The molecule has 1 aliphatic heterocycles. The molecule has 1 saturated heterocycles. The van der Waals surface area contributed by atoms with Gasteiger partial charge in [-0.3, -0.25) is 4.79 Å². The number of hydrogen-bond donors (Lipinski definition) is 3. The second-order valence-corrected chi connectivity index (χ2v) is 7.34. The van der Waals surface area contributed by atoms with Crippen LogP contribution in [0.2, 0.25) is 10.3 Å². The van der Waals surface area contributed by atoms with E-state index in [9.17, 15) is 9.59 Å². The number of amides is 1. The molecule has 2 aromatic rings. The van der Waals surface area contributed by atoms with Crippen LogP contribution < -0.4 is 10.2 Å². The zero-order valence-electron chi connectivity index (χ0n) is 13.5. The summed E-state index contributed by atoms with van der Waals surface area (Å²) in [6, 6.07) is -0.245. The number of carboxylic acids is 1. The molecule has 0 radical (unpaired) electrons. The first-order chi connectivity index (χ1) is 12.4. The Balaban J connectivity index is 1.65. The van der Waals surface area contributed by atoms with Gasteiger partial charge in [0.15, 0.2) is 16.1 Å². The van der Waals surface area contributed by atoms with Crippen molar-refractivity contribution in [2.24, 2.45) is 0 Å². The summed E-state index contributed by atoms with van der Waals surface area (Å²) < 4.78 is 5.50. The van der Waals surface area contributed by atoms with Crippen LogP contribution in [-0.2, 0) is 4.74 Å². The topological polar surface area (TPSA) is 120 Å². The fraction of sp³-hybridized carbons (Fsp3) is 0.429. The number of hydrogen-bond acceptors (Lipinski definition) is 7. The number of aromatic nitrogens is 3. The normalized spacial score (nSPS) is 20.2. The van der Waals surface area contributed by atoms with Gasteiger partial charge in [0.25, 0.3) is 5.91 Å². The quantitative estimate of drug-likeness (QED) is 0.676. The highest BCUT2D eigenvalue weighted by atomic mass is 35.5. The van der Waals surface area contributed by atoms with E-state index >= 15 is 0 Å². The third kappa shape index (κ3) is 3.93. The molecular formula is C14H15Cl2N5O4S. The van der Waals surface area contributed by atoms with Gasteiger partial charge in [-0.1, -0.05) is 34.5 Å². The summed E-state index contributed by atoms with van der Waals surface area (Å²) in [5.74, 6) is -1.40. The molecule has 26 heavy (non-hydrogen) atoms. The minimum atomic E-state index is -1.00. The summed E-state index contributed by atoms with van der Waals surface area (Å²) in [7, 11) is 1.55. The molecule has 2 atom stereocenters. The van der Waals surface area contributed by atoms with Crippen LogP contribution >= 0.6 is 34.5 Å². The molecule has 9 nitrogen and oxygen atoms in total. The number of carbonyl (C=O) groups is 2. The molecule has 0 bridgehead atoms. The fourth-order valence-corrected chi connectivity index (χ4v) is 3.73. The first kappa shape index (κ1) is 18.9. The van der Waals surface area contributed by atoms with E-state index in [1.807, 2.05) is 4.90 Å². The van der Waals surface area contributed by atoms with Crippen LogP contribution in [0.25, 0.3) is 0 Å². The lowest BCUT2D eigenvalue weighted by atomic mass is 10.0. The lowest BCUT2D eigenvalue weighted by Crippen LogP contribution is -2.55. The predicted molar refractivity (Wildman–Crippen MR) is 96.6 cm³/mol. The zero-order chi connectivity index (χ0) is 18.8. The molecule has 3 heterocycles. The van der Waals surface area contributed by atoms with Crippen LogP contribution in [0.15, 0.2) is 6.20 Å². The van der Waals surface area contributed by atoms with Gasteiger partial charge in [-0.25, -0.2) is 14.8 Å². The molecule has 3 N–H and O–H groups in total. The molecule has 0 saturated carbocycles. The van der Waals surface area contributed by atoms with Crippen LogP contribution in [0.4, 0.5) is 5.13 Å². The first-order valence-electron chi connectivity index (χ1n) is 7.57. The van der Waals surface area contributed by atoms with Crippen LogP contribution in [0.3, 0.4) is 0 Å². The van der Waals surface area contributed by atoms with Crippen molar-refractivity contribution in [1.82, 2.24) is 20.3 Å². The van der Waals surface area contributed by atoms with Gasteiger partial charge in [0.05, 0.1) is 18.3 Å². The average Bonchev–Trinajstić information content (AvgIpc) is 3.23. The molecule has 12 heteroatoms. The lowest BCUT2D eigenvalue weighted by Gasteiger charge is -2.37. The highest BCUT2D eigenvalue weighted by molar-refractivity contribution is 7.17. The molecule has 1 fully saturated rings. The maximum atomic E-state index is 12.3. The maximum absolute atomic E-state index is 12.3. The minimum absolute atomic E-state index is 0.0308. The first-order valence-corrected chi connectivity index (χ1v) is 9.15. The number of ether oxygens (including phenoxy) is 1. The molecule has 0 unspecified atom stereocenters. The molecular weight excluding hydrogens is 405 g/mol. The number of aromatic carboxylic acids is 1. The van der Waals surface area contributed by atoms with Crippen molar-refractivity contribution < 1.29 is 19.4 Å². The Morgan fingerprint density at radius 1 is 1.50 bits per heavy atom. The zero-order valence-corrected chi connectivity index (χ0v) is 15.9. The number of aromatic amines is 1. The molecule has 2 aromatic heterocycles. The fourth-order valence-electron chi connectivity index (χ4n) is 2.68. The van der Waals surface area contributed by atoms with E-state index in [0.29, 0.717) is 24.6 Å². The van der Waals surface area contributed by atoms with Crippen molar-refractivity contribution in [2.45, 2.75) is 18.6 Å². The van der Waals surface area contributed by atoms with Crippen LogP contribution in [0, 0.1) is 0 Å². The Labute approximate surface area is 162 Å². The van der Waals surface area contributed by atoms with Crippen molar-refractivity contribution >= 4 is 51.5 Å². The largest absolute Gasteiger partial charge is 0.477 e. The number of piperidine rings is 1. The highest BCUT2D eigenvalue weighted by Gasteiger charge is 2.32. The number of carbonyl (C=O) groups excluding carboxylic acids is 1. The number of anilines is 1. The van der Waals surface area contributed by atoms with E-state index in [0.717, 1.165) is 11.3 Å². The Hall–Kier alpha value is -1.88. The Morgan fingerprint density at radius 3 is 2.85 bits per heavy atom. The Morgan fingerprint density at radius 2 is 2.27 bits per heavy atom. The van der Waals surface area contributed by atoms with Crippen molar-refractivity contribution in [3.05, 3.63) is 27.2 Å². The molecule has 0 aromatic carbocycles. The van der Waals surface area contributed by atoms with Gasteiger partial charge in [-0.2, -0.15) is 0 Å². The average molecular weight is 420 g/mol. The van der Waals surface area contributed by atoms with Gasteiger partial charge in [0.2, 0.25) is 0 Å². The SMILES string of the molecule is CO[C@H]1CN(c2ncc(C(=O)O)s2)CC[C@H]1NC(=O)c1nc(Cl)c(Cl)[nH]1. The Bertz CT molecular complexity index is 807. The summed E-state index contributed by atoms with van der Waals surface area (Å²) in [5, 5.41) is 12.6. The smallest absolute Gasteiger partial charge is 0.347 e. The summed E-state index contributed by atoms with van der Waals surface area (Å²) in [6.07, 6.45) is 1.63. The second kappa shape index (κ2) is 7.78. The number of methoxy groups -OCH3 is 1. The van der Waals surface area contributed by atoms with E-state index in [-0.39, 0.29) is 33.2 Å². The molecule has 1 aliphatic rings. The summed E-state index contributed by atoms with van der Waals surface area (Å²) in [5.41, 5.74) is 0. The number of halogens is 2. The van der Waals surface area contributed by atoms with Crippen molar-refractivity contribution in [3.8, 4) is 0 Å². The van der Waals surface area contributed by atoms with E-state index < -0.39 is 11.9 Å². The molecule has 3 rings (SSSR count). The van der Waals surface area contributed by atoms with E-state index in [4.69, 9.17) is 33.0 Å². The number of nitrogens with one attached hydrogen (secondary N) is 2. The maximum Gasteiger partial charge on any atom is 0.347 e. The highest BCUT2D eigenvalue weighted by Crippen LogP contribution is 2.26. The lowest BCUT2D eigenvalue weighted by molar-refractivity contribution is 0.0538. The third-order valence-electron chi connectivity index (χ3n) is 3.99. The second-order valence-electron chi connectivity index (χ2n) is 5.59. The van der Waals surface area contributed by atoms with Gasteiger partial charge in [-0.05, 0) is 6.42 Å². The van der Waals surface area contributed by atoms with Gasteiger partial charge in [0, 0.05) is 20.2 Å². The van der Waals surface area contributed by atoms with Crippen LogP contribution in [0.1, 0.15) is 26.7 Å². The van der Waals surface area contributed by atoms with Crippen LogP contribution in [-0.4, -0.2) is 64.3 Å². The number of rotatable bonds is 5. The van der Waals surface area contributed by atoms with Crippen LogP contribution in [0.5, 0.6) is 0 Å². The molecule has 1 amide bonds. The number of H-pyrrole nitrogens is 1. The number of thiazole rings is 1. The minimum Gasteiger partial charge on any atom is -0.477 e. The van der Waals surface area contributed by atoms with Crippen molar-refractivity contribution in [3.63, 3.8) is 0 Å². The predicted octanol–water partition coefficient (Wildman–Crippen LogP) is 1.89. The summed E-state index contributed by atoms with van der Waals surface area (Å²) in [4.78, 5) is 36.0. The monoisotopic (exact) mass is 419 g/mol.